The smallest absolute Gasteiger partial charge is 0.147 e. The average Bonchev–Trinajstić information content (AvgIpc) is 3.89. The van der Waals surface area contributed by atoms with E-state index in [1.54, 1.807) is 0 Å². The van der Waals surface area contributed by atoms with E-state index in [1.807, 2.05) is 43.0 Å². The average molecular weight is 814 g/mol. The van der Waals surface area contributed by atoms with Crippen molar-refractivity contribution in [3.63, 3.8) is 0 Å². The summed E-state index contributed by atoms with van der Waals surface area (Å²) in [6, 6.07) is 59.8. The van der Waals surface area contributed by atoms with Gasteiger partial charge in [-0.1, -0.05) is 140 Å². The van der Waals surface area contributed by atoms with Crippen molar-refractivity contribution in [3.8, 4) is 50.8 Å². The minimum Gasteiger partial charge on any atom is -0.276 e. The molecular formula is C57H31N7. The molecule has 14 aromatic rings. The van der Waals surface area contributed by atoms with Gasteiger partial charge in [-0.05, 0) is 84.0 Å². The topological polar surface area (TPSA) is 85.2 Å². The van der Waals surface area contributed by atoms with Crippen LogP contribution in [0.25, 0.3) is 132 Å². The van der Waals surface area contributed by atoms with E-state index < -0.39 is 0 Å². The fraction of sp³-hybridized carbons (Fsp3) is 0. The summed E-state index contributed by atoms with van der Waals surface area (Å²) in [6.45, 7) is 0. The number of hydrogen-bond donors (Lipinski definition) is 0. The van der Waals surface area contributed by atoms with Crippen LogP contribution in [0.15, 0.2) is 189 Å². The maximum Gasteiger partial charge on any atom is 0.147 e. The summed E-state index contributed by atoms with van der Waals surface area (Å²) >= 11 is 0. The van der Waals surface area contributed by atoms with E-state index in [0.717, 1.165) is 121 Å². The zero-order chi connectivity index (χ0) is 42.0. The molecule has 0 N–H and O–H groups in total. The highest BCUT2D eigenvalue weighted by Crippen LogP contribution is 2.53. The normalized spacial score (nSPS) is 12.0. The van der Waals surface area contributed by atoms with Crippen molar-refractivity contribution in [3.05, 3.63) is 194 Å². The van der Waals surface area contributed by atoms with Gasteiger partial charge in [0.05, 0.1) is 11.4 Å². The number of fused-ring (bicyclic) bond motifs is 6. The Morgan fingerprint density at radius 1 is 0.312 bits per heavy atom. The van der Waals surface area contributed by atoms with E-state index in [4.69, 9.17) is 19.9 Å². The molecule has 0 atom stereocenters. The van der Waals surface area contributed by atoms with Gasteiger partial charge in [-0.2, -0.15) is 5.26 Å². The SMILES string of the molecule is N#Cc1c(-n2c3nccc4c5ccccc5c5ccnc2c5c43)c(-c2ccccc2)c(-c2ccccc2)c(-c2ccccc2)c1-n1c2nccc3c4ccccc4c4ccnc1c4c32. The molecule has 0 aliphatic rings. The zero-order valence-electron chi connectivity index (χ0n) is 34.0. The van der Waals surface area contributed by atoms with Crippen LogP contribution in [-0.4, -0.2) is 29.1 Å². The number of benzene rings is 8. The highest BCUT2D eigenvalue weighted by molar-refractivity contribution is 6.35. The predicted molar refractivity (Wildman–Crippen MR) is 260 cm³/mol. The maximum absolute atomic E-state index is 12.3. The Labute approximate surface area is 365 Å². The maximum atomic E-state index is 12.3. The highest BCUT2D eigenvalue weighted by atomic mass is 15.1. The van der Waals surface area contributed by atoms with Crippen LogP contribution in [0, 0.1) is 11.3 Å². The van der Waals surface area contributed by atoms with Crippen LogP contribution in [0.5, 0.6) is 0 Å². The van der Waals surface area contributed by atoms with Crippen LogP contribution in [0.1, 0.15) is 5.56 Å². The number of aromatic nitrogens is 6. The Bertz CT molecular complexity index is 3820. The molecule has 0 radical (unpaired) electrons. The van der Waals surface area contributed by atoms with Crippen LogP contribution in [0.3, 0.4) is 0 Å². The van der Waals surface area contributed by atoms with Crippen LogP contribution in [-0.2, 0) is 0 Å². The van der Waals surface area contributed by atoms with Gasteiger partial charge in [0.2, 0.25) is 0 Å². The summed E-state index contributed by atoms with van der Waals surface area (Å²) in [5, 5.41) is 25.2. The minimum absolute atomic E-state index is 0.447. The van der Waals surface area contributed by atoms with Crippen molar-refractivity contribution in [2.45, 2.75) is 0 Å². The molecule has 14 rings (SSSR count). The number of nitrogens with zero attached hydrogens (tertiary/aromatic N) is 7. The summed E-state index contributed by atoms with van der Waals surface area (Å²) in [4.78, 5) is 20.9. The predicted octanol–water partition coefficient (Wildman–Crippen LogP) is 13.8. The zero-order valence-corrected chi connectivity index (χ0v) is 34.0. The number of pyridine rings is 4. The second-order valence-electron chi connectivity index (χ2n) is 16.4. The van der Waals surface area contributed by atoms with Gasteiger partial charge in [0.1, 0.15) is 34.2 Å². The summed E-state index contributed by atoms with van der Waals surface area (Å²) in [7, 11) is 0. The Morgan fingerprint density at radius 2 is 0.594 bits per heavy atom. The van der Waals surface area contributed by atoms with Gasteiger partial charge in [-0.3, -0.25) is 9.13 Å². The molecule has 0 spiro atoms. The van der Waals surface area contributed by atoms with Crippen molar-refractivity contribution >= 4 is 87.2 Å². The first-order valence-electron chi connectivity index (χ1n) is 21.4. The molecule has 0 aliphatic carbocycles. The van der Waals surface area contributed by atoms with E-state index in [0.29, 0.717) is 16.9 Å². The number of hydrogen-bond acceptors (Lipinski definition) is 5. The van der Waals surface area contributed by atoms with Crippen molar-refractivity contribution in [1.82, 2.24) is 29.1 Å². The quantitative estimate of drug-likeness (QED) is 0.162. The van der Waals surface area contributed by atoms with Crippen LogP contribution in [0.4, 0.5) is 0 Å². The Balaban J connectivity index is 1.30. The summed E-state index contributed by atoms with van der Waals surface area (Å²) in [5.74, 6) is 0. The second-order valence-corrected chi connectivity index (χ2v) is 16.4. The lowest BCUT2D eigenvalue weighted by molar-refractivity contribution is 1.06. The molecule has 0 amide bonds. The third-order valence-electron chi connectivity index (χ3n) is 13.3. The van der Waals surface area contributed by atoms with E-state index in [1.165, 1.54) is 0 Å². The molecule has 0 aliphatic heterocycles. The van der Waals surface area contributed by atoms with Crippen molar-refractivity contribution in [1.29, 1.82) is 5.26 Å². The molecule has 294 valence electrons. The molecule has 6 aromatic heterocycles. The second kappa shape index (κ2) is 13.0. The Kier molecular flexibility index (Phi) is 7.05. The first-order chi connectivity index (χ1) is 31.8. The van der Waals surface area contributed by atoms with E-state index in [-0.39, 0.29) is 0 Å². The fourth-order valence-electron chi connectivity index (χ4n) is 10.8. The van der Waals surface area contributed by atoms with E-state index in [2.05, 4.69) is 161 Å². The third kappa shape index (κ3) is 4.47. The first kappa shape index (κ1) is 34.7. The molecular weight excluding hydrogens is 783 g/mol. The van der Waals surface area contributed by atoms with Crippen LogP contribution >= 0.6 is 0 Å². The van der Waals surface area contributed by atoms with E-state index in [9.17, 15) is 5.26 Å². The van der Waals surface area contributed by atoms with Gasteiger partial charge >= 0.3 is 0 Å². The molecule has 7 nitrogen and oxygen atoms in total. The Morgan fingerprint density at radius 3 is 0.891 bits per heavy atom. The van der Waals surface area contributed by atoms with Gasteiger partial charge < -0.3 is 0 Å². The Hall–Kier alpha value is -8.99. The van der Waals surface area contributed by atoms with Crippen molar-refractivity contribution in [2.75, 3.05) is 0 Å². The first-order valence-corrected chi connectivity index (χ1v) is 21.4. The summed E-state index contributed by atoms with van der Waals surface area (Å²) < 4.78 is 4.32. The van der Waals surface area contributed by atoms with Gasteiger partial charge in [0.25, 0.3) is 0 Å². The van der Waals surface area contributed by atoms with E-state index >= 15 is 0 Å². The molecule has 0 fully saturated rings. The molecule has 0 saturated heterocycles. The lowest BCUT2D eigenvalue weighted by atomic mass is 9.82. The number of rotatable bonds is 5. The fourth-order valence-corrected chi connectivity index (χ4v) is 10.8. The standard InChI is InChI=1S/C57H31N7/c58-32-44-52(63-54-48-40(24-28-59-54)36-20-10-11-21-37(36)41-25-29-60-55(63)49(41)48)46(34-16-6-2-7-17-34)45(33-14-4-1-5-15-33)47(35-18-8-3-9-19-35)53(44)64-56-50-42(26-30-61-56)38-22-12-13-23-39(38)43-27-31-62-57(64)51(43)50/h1-31H. The minimum atomic E-state index is 0.447. The van der Waals surface area contributed by atoms with Crippen molar-refractivity contribution < 1.29 is 0 Å². The van der Waals surface area contributed by atoms with Crippen LogP contribution < -0.4 is 0 Å². The van der Waals surface area contributed by atoms with Gasteiger partial charge in [-0.15, -0.1) is 0 Å². The summed E-state index contributed by atoms with van der Waals surface area (Å²) in [5.41, 5.74) is 10.4. The monoisotopic (exact) mass is 813 g/mol. The molecule has 0 bridgehead atoms. The molecule has 0 saturated carbocycles. The van der Waals surface area contributed by atoms with Gasteiger partial charge in [0.15, 0.2) is 0 Å². The molecule has 8 aromatic carbocycles. The third-order valence-corrected chi connectivity index (χ3v) is 13.3. The lowest BCUT2D eigenvalue weighted by Gasteiger charge is -2.27. The van der Waals surface area contributed by atoms with Crippen LogP contribution in [0.2, 0.25) is 0 Å². The molecule has 7 heteroatoms. The van der Waals surface area contributed by atoms with Gasteiger partial charge in [0, 0.05) is 63.0 Å². The molecule has 64 heavy (non-hydrogen) atoms. The number of nitriles is 1. The summed E-state index contributed by atoms with van der Waals surface area (Å²) in [6.07, 6.45) is 7.55. The highest BCUT2D eigenvalue weighted by Gasteiger charge is 2.34. The molecule has 0 unspecified atom stereocenters. The van der Waals surface area contributed by atoms with Gasteiger partial charge in [-0.25, -0.2) is 19.9 Å². The molecule has 6 heterocycles. The van der Waals surface area contributed by atoms with Crippen molar-refractivity contribution in [2.24, 2.45) is 0 Å². The largest absolute Gasteiger partial charge is 0.276 e. The lowest BCUT2D eigenvalue weighted by Crippen LogP contribution is -2.12.